The van der Waals surface area contributed by atoms with Crippen LogP contribution in [-0.2, 0) is 6.42 Å². The third-order valence-corrected chi connectivity index (χ3v) is 4.75. The Labute approximate surface area is 127 Å². The molecule has 1 N–H and O–H groups in total. The Kier molecular flexibility index (Phi) is 6.18. The van der Waals surface area contributed by atoms with Gasteiger partial charge in [0.05, 0.1) is 7.11 Å². The first kappa shape index (κ1) is 15.7. The molecule has 0 spiro atoms. The van der Waals surface area contributed by atoms with Gasteiger partial charge in [0.2, 0.25) is 0 Å². The fourth-order valence-electron chi connectivity index (χ4n) is 3.26. The minimum absolute atomic E-state index is 0.503. The summed E-state index contributed by atoms with van der Waals surface area (Å²) >= 11 is 6.11. The van der Waals surface area contributed by atoms with Crippen molar-refractivity contribution in [3.05, 3.63) is 28.8 Å². The van der Waals surface area contributed by atoms with Gasteiger partial charge in [0.25, 0.3) is 0 Å². The molecule has 1 aromatic rings. The Hall–Kier alpha value is -0.730. The van der Waals surface area contributed by atoms with Crippen LogP contribution in [0.15, 0.2) is 18.2 Å². The lowest BCUT2D eigenvalue weighted by atomic mass is 9.95. The minimum atomic E-state index is 0.503. The summed E-state index contributed by atoms with van der Waals surface area (Å²) in [6.45, 7) is 0. The monoisotopic (exact) mass is 295 g/mol. The minimum Gasteiger partial charge on any atom is -0.496 e. The van der Waals surface area contributed by atoms with Gasteiger partial charge in [-0.05, 0) is 56.0 Å². The Balaban J connectivity index is 1.92. The van der Waals surface area contributed by atoms with Crippen LogP contribution >= 0.6 is 11.6 Å². The smallest absolute Gasteiger partial charge is 0.122 e. The van der Waals surface area contributed by atoms with Crippen molar-refractivity contribution in [3.63, 3.8) is 0 Å². The van der Waals surface area contributed by atoms with Crippen LogP contribution in [-0.4, -0.2) is 20.2 Å². The van der Waals surface area contributed by atoms with E-state index in [-0.39, 0.29) is 0 Å². The first-order valence-corrected chi connectivity index (χ1v) is 8.10. The molecule has 0 saturated heterocycles. The summed E-state index contributed by atoms with van der Waals surface area (Å²) in [5, 5.41) is 4.23. The fourth-order valence-corrected chi connectivity index (χ4v) is 3.45. The summed E-state index contributed by atoms with van der Waals surface area (Å²) in [4.78, 5) is 0. The van der Waals surface area contributed by atoms with Crippen molar-refractivity contribution in [3.8, 4) is 5.75 Å². The lowest BCUT2D eigenvalue weighted by molar-refractivity contribution is 0.394. The van der Waals surface area contributed by atoms with Crippen molar-refractivity contribution in [1.82, 2.24) is 5.32 Å². The van der Waals surface area contributed by atoms with Gasteiger partial charge in [-0.15, -0.1) is 0 Å². The molecular formula is C17H26ClNO. The second-order valence-electron chi connectivity index (χ2n) is 5.87. The Morgan fingerprint density at radius 1 is 1.35 bits per heavy atom. The summed E-state index contributed by atoms with van der Waals surface area (Å²) in [6, 6.07) is 6.38. The second kappa shape index (κ2) is 7.90. The predicted molar refractivity (Wildman–Crippen MR) is 85.7 cm³/mol. The number of nitrogens with one attached hydrogen (secondary N) is 1. The molecule has 1 atom stereocenters. The molecule has 2 nitrogen and oxygen atoms in total. The lowest BCUT2D eigenvalue weighted by Crippen LogP contribution is -2.28. The maximum Gasteiger partial charge on any atom is 0.122 e. The molecular weight excluding hydrogens is 270 g/mol. The molecule has 0 heterocycles. The van der Waals surface area contributed by atoms with E-state index in [9.17, 15) is 0 Å². The molecule has 20 heavy (non-hydrogen) atoms. The van der Waals surface area contributed by atoms with E-state index in [1.807, 2.05) is 18.2 Å². The highest BCUT2D eigenvalue weighted by molar-refractivity contribution is 6.30. The van der Waals surface area contributed by atoms with Crippen molar-refractivity contribution in [2.45, 2.75) is 51.0 Å². The predicted octanol–water partition coefficient (Wildman–Crippen LogP) is 4.45. The van der Waals surface area contributed by atoms with E-state index in [2.05, 4.69) is 12.4 Å². The standard InChI is InChI=1S/C17H26ClNO/c1-19-16(9-7-13-5-3-4-6-13)12-14-11-15(18)8-10-17(14)20-2/h8,10-11,13,16,19H,3-7,9,12H2,1-2H3. The van der Waals surface area contributed by atoms with Gasteiger partial charge < -0.3 is 10.1 Å². The Bertz CT molecular complexity index is 415. The number of methoxy groups -OCH3 is 1. The third-order valence-electron chi connectivity index (χ3n) is 4.52. The molecule has 1 aromatic carbocycles. The SMILES string of the molecule is CNC(CCC1CCCC1)Cc1cc(Cl)ccc1OC. The van der Waals surface area contributed by atoms with E-state index in [0.29, 0.717) is 6.04 Å². The quantitative estimate of drug-likeness (QED) is 0.802. The lowest BCUT2D eigenvalue weighted by Gasteiger charge is -2.20. The number of rotatable bonds is 7. The molecule has 0 amide bonds. The normalized spacial score (nSPS) is 17.4. The zero-order valence-corrected chi connectivity index (χ0v) is 13.4. The number of likely N-dealkylation sites (N-methyl/N-ethyl adjacent to an activating group) is 1. The van der Waals surface area contributed by atoms with E-state index in [4.69, 9.17) is 16.3 Å². The van der Waals surface area contributed by atoms with Crippen LogP contribution in [0.2, 0.25) is 5.02 Å². The molecule has 1 unspecified atom stereocenters. The molecule has 1 fully saturated rings. The maximum absolute atomic E-state index is 6.11. The van der Waals surface area contributed by atoms with Crippen LogP contribution in [0.3, 0.4) is 0 Å². The fraction of sp³-hybridized carbons (Fsp3) is 0.647. The number of halogens is 1. The zero-order valence-electron chi connectivity index (χ0n) is 12.6. The highest BCUT2D eigenvalue weighted by atomic mass is 35.5. The summed E-state index contributed by atoms with van der Waals surface area (Å²) in [7, 11) is 3.77. The molecule has 3 heteroatoms. The summed E-state index contributed by atoms with van der Waals surface area (Å²) in [6.07, 6.45) is 9.26. The number of hydrogen-bond donors (Lipinski definition) is 1. The van der Waals surface area contributed by atoms with Crippen LogP contribution in [0.1, 0.15) is 44.1 Å². The molecule has 1 aliphatic rings. The first-order chi connectivity index (χ1) is 9.72. The van der Waals surface area contributed by atoms with Gasteiger partial charge >= 0.3 is 0 Å². The van der Waals surface area contributed by atoms with Crippen molar-refractivity contribution in [2.24, 2.45) is 5.92 Å². The van der Waals surface area contributed by atoms with Crippen LogP contribution in [0.4, 0.5) is 0 Å². The van der Waals surface area contributed by atoms with E-state index < -0.39 is 0 Å². The van der Waals surface area contributed by atoms with Gasteiger partial charge in [-0.3, -0.25) is 0 Å². The first-order valence-electron chi connectivity index (χ1n) is 7.72. The van der Waals surface area contributed by atoms with Gasteiger partial charge in [-0.1, -0.05) is 37.3 Å². The zero-order chi connectivity index (χ0) is 14.4. The number of hydrogen-bond acceptors (Lipinski definition) is 2. The molecule has 0 aromatic heterocycles. The van der Waals surface area contributed by atoms with Crippen molar-refractivity contribution < 1.29 is 4.74 Å². The van der Waals surface area contributed by atoms with Crippen molar-refractivity contribution in [2.75, 3.05) is 14.2 Å². The van der Waals surface area contributed by atoms with Crippen molar-refractivity contribution >= 4 is 11.6 Å². The largest absolute Gasteiger partial charge is 0.496 e. The van der Waals surface area contributed by atoms with Crippen LogP contribution in [0, 0.1) is 5.92 Å². The topological polar surface area (TPSA) is 21.3 Å². The van der Waals surface area contributed by atoms with Gasteiger partial charge in [-0.25, -0.2) is 0 Å². The molecule has 0 bridgehead atoms. The van der Waals surface area contributed by atoms with Crippen molar-refractivity contribution in [1.29, 1.82) is 0 Å². The van der Waals surface area contributed by atoms with Crippen LogP contribution in [0.5, 0.6) is 5.75 Å². The second-order valence-corrected chi connectivity index (χ2v) is 6.31. The Morgan fingerprint density at radius 2 is 2.10 bits per heavy atom. The molecule has 1 saturated carbocycles. The highest BCUT2D eigenvalue weighted by Gasteiger charge is 2.18. The van der Waals surface area contributed by atoms with E-state index in [0.717, 1.165) is 23.1 Å². The van der Waals surface area contributed by atoms with Crippen LogP contribution in [0.25, 0.3) is 0 Å². The van der Waals surface area contributed by atoms with Gasteiger partial charge in [0, 0.05) is 11.1 Å². The maximum atomic E-state index is 6.11. The highest BCUT2D eigenvalue weighted by Crippen LogP contribution is 2.30. The van der Waals surface area contributed by atoms with Gasteiger partial charge in [0.1, 0.15) is 5.75 Å². The molecule has 0 aliphatic heterocycles. The van der Waals surface area contributed by atoms with E-state index in [1.54, 1.807) is 7.11 Å². The van der Waals surface area contributed by atoms with Gasteiger partial charge in [0.15, 0.2) is 0 Å². The van der Waals surface area contributed by atoms with Gasteiger partial charge in [-0.2, -0.15) is 0 Å². The molecule has 2 rings (SSSR count). The Morgan fingerprint density at radius 3 is 2.75 bits per heavy atom. The number of ether oxygens (including phenoxy) is 1. The average Bonchev–Trinajstić information content (AvgIpc) is 2.97. The molecule has 1 aliphatic carbocycles. The molecule has 112 valence electrons. The summed E-state index contributed by atoms with van der Waals surface area (Å²) in [5.74, 6) is 1.89. The van der Waals surface area contributed by atoms with Crippen LogP contribution < -0.4 is 10.1 Å². The average molecular weight is 296 g/mol. The summed E-state index contributed by atoms with van der Waals surface area (Å²) < 4.78 is 5.44. The van der Waals surface area contributed by atoms with E-state index >= 15 is 0 Å². The summed E-state index contributed by atoms with van der Waals surface area (Å²) in [5.41, 5.74) is 1.20. The molecule has 0 radical (unpaired) electrons. The number of benzene rings is 1. The third kappa shape index (κ3) is 4.39. The van der Waals surface area contributed by atoms with E-state index in [1.165, 1.54) is 44.1 Å².